The maximum Gasteiger partial charge on any atom is 0.501 e. The van der Waals surface area contributed by atoms with Crippen LogP contribution in [0.25, 0.3) is 0 Å². The molecule has 3 nitrogen and oxygen atoms in total. The van der Waals surface area contributed by atoms with E-state index in [1.807, 2.05) is 0 Å². The lowest BCUT2D eigenvalue weighted by atomic mass is 10.3. The summed E-state index contributed by atoms with van der Waals surface area (Å²) in [7, 11) is -5.62. The molecule has 0 unspecified atom stereocenters. The average molecular weight is 295 g/mol. The van der Waals surface area contributed by atoms with Crippen LogP contribution in [-0.2, 0) is 9.84 Å². The predicted octanol–water partition coefficient (Wildman–Crippen LogP) is 2.55. The lowest BCUT2D eigenvalue weighted by molar-refractivity contribution is -0.0435. The quantitative estimate of drug-likeness (QED) is 0.527. The van der Waals surface area contributed by atoms with Crippen molar-refractivity contribution < 1.29 is 26.0 Å². The standard InChI is InChI=1S/C11H9F4NO2S/c1-2-3-6-16-9-5-4-8(12)7-10(9)19(17,18)11(13,14)15/h1,4-5,7,16H,3,6H2. The maximum absolute atomic E-state index is 13.0. The minimum Gasteiger partial charge on any atom is -0.383 e. The molecule has 1 N–H and O–H groups in total. The number of anilines is 1. The van der Waals surface area contributed by atoms with E-state index in [0.717, 1.165) is 12.1 Å². The van der Waals surface area contributed by atoms with E-state index in [1.165, 1.54) is 0 Å². The third-order valence-corrected chi connectivity index (χ3v) is 3.65. The lowest BCUT2D eigenvalue weighted by Crippen LogP contribution is -2.24. The summed E-state index contributed by atoms with van der Waals surface area (Å²) in [6.07, 6.45) is 5.15. The molecule has 0 saturated carbocycles. The van der Waals surface area contributed by atoms with Crippen molar-refractivity contribution in [3.8, 4) is 12.3 Å². The van der Waals surface area contributed by atoms with Gasteiger partial charge >= 0.3 is 5.51 Å². The third-order valence-electron chi connectivity index (χ3n) is 2.12. The van der Waals surface area contributed by atoms with Crippen LogP contribution in [0.3, 0.4) is 0 Å². The molecular weight excluding hydrogens is 286 g/mol. The molecule has 0 aliphatic carbocycles. The Morgan fingerprint density at radius 2 is 1.95 bits per heavy atom. The first kappa shape index (κ1) is 15.3. The Morgan fingerprint density at radius 1 is 1.32 bits per heavy atom. The second kappa shape index (κ2) is 5.48. The molecule has 8 heteroatoms. The van der Waals surface area contributed by atoms with Gasteiger partial charge in [-0.15, -0.1) is 12.3 Å². The van der Waals surface area contributed by atoms with E-state index in [1.54, 1.807) is 0 Å². The van der Waals surface area contributed by atoms with Crippen molar-refractivity contribution in [2.75, 3.05) is 11.9 Å². The van der Waals surface area contributed by atoms with Gasteiger partial charge in [-0.3, -0.25) is 0 Å². The number of halogens is 4. The van der Waals surface area contributed by atoms with E-state index in [9.17, 15) is 26.0 Å². The van der Waals surface area contributed by atoms with Gasteiger partial charge in [0.2, 0.25) is 0 Å². The molecule has 0 radical (unpaired) electrons. The van der Waals surface area contributed by atoms with Crippen LogP contribution >= 0.6 is 0 Å². The fraction of sp³-hybridized carbons (Fsp3) is 0.273. The van der Waals surface area contributed by atoms with Gasteiger partial charge in [0.05, 0.1) is 5.69 Å². The normalized spacial score (nSPS) is 11.9. The van der Waals surface area contributed by atoms with Crippen LogP contribution < -0.4 is 5.32 Å². The zero-order valence-corrected chi connectivity index (χ0v) is 10.3. The molecule has 0 aliphatic heterocycles. The molecule has 104 valence electrons. The van der Waals surface area contributed by atoms with Gasteiger partial charge < -0.3 is 5.32 Å². The Kier molecular flexibility index (Phi) is 4.42. The molecule has 0 saturated heterocycles. The molecule has 1 rings (SSSR count). The second-order valence-electron chi connectivity index (χ2n) is 3.47. The number of alkyl halides is 3. The number of rotatable bonds is 4. The first-order valence-electron chi connectivity index (χ1n) is 4.98. The highest BCUT2D eigenvalue weighted by molar-refractivity contribution is 7.92. The predicted molar refractivity (Wildman–Crippen MR) is 61.6 cm³/mol. The molecule has 0 bridgehead atoms. The summed E-state index contributed by atoms with van der Waals surface area (Å²) in [4.78, 5) is -1.16. The van der Waals surface area contributed by atoms with Gasteiger partial charge in [-0.05, 0) is 18.2 Å². The number of hydrogen-bond donors (Lipinski definition) is 1. The van der Waals surface area contributed by atoms with Gasteiger partial charge in [0.25, 0.3) is 9.84 Å². The number of terminal acetylenes is 1. The molecule has 19 heavy (non-hydrogen) atoms. The maximum atomic E-state index is 13.0. The largest absolute Gasteiger partial charge is 0.501 e. The summed E-state index contributed by atoms with van der Waals surface area (Å²) < 4.78 is 72.9. The van der Waals surface area contributed by atoms with Gasteiger partial charge in [0.15, 0.2) is 0 Å². The molecule has 0 aliphatic rings. The van der Waals surface area contributed by atoms with Crippen LogP contribution in [-0.4, -0.2) is 20.5 Å². The Morgan fingerprint density at radius 3 is 2.47 bits per heavy atom. The van der Waals surface area contributed by atoms with E-state index >= 15 is 0 Å². The topological polar surface area (TPSA) is 46.2 Å². The molecule has 0 fully saturated rings. The number of benzene rings is 1. The van der Waals surface area contributed by atoms with E-state index in [0.29, 0.717) is 6.07 Å². The zero-order valence-electron chi connectivity index (χ0n) is 9.46. The molecule has 1 aromatic rings. The number of hydrogen-bond acceptors (Lipinski definition) is 3. The van der Waals surface area contributed by atoms with E-state index in [2.05, 4.69) is 11.2 Å². The summed E-state index contributed by atoms with van der Waals surface area (Å²) in [5.74, 6) is 1.15. The van der Waals surface area contributed by atoms with Crippen molar-refractivity contribution in [1.82, 2.24) is 0 Å². The van der Waals surface area contributed by atoms with Crippen LogP contribution in [0, 0.1) is 18.2 Å². The Bertz CT molecular complexity index is 602. The van der Waals surface area contributed by atoms with Crippen LogP contribution in [0.1, 0.15) is 6.42 Å². The van der Waals surface area contributed by atoms with Crippen molar-refractivity contribution in [1.29, 1.82) is 0 Å². The van der Waals surface area contributed by atoms with Gasteiger partial charge in [-0.2, -0.15) is 13.2 Å². The van der Waals surface area contributed by atoms with Gasteiger partial charge in [0, 0.05) is 13.0 Å². The van der Waals surface area contributed by atoms with Crippen molar-refractivity contribution >= 4 is 15.5 Å². The Hall–Kier alpha value is -1.75. The first-order chi connectivity index (χ1) is 8.70. The molecule has 0 aromatic heterocycles. The Balaban J connectivity index is 3.26. The first-order valence-corrected chi connectivity index (χ1v) is 6.46. The van der Waals surface area contributed by atoms with Gasteiger partial charge in [-0.25, -0.2) is 12.8 Å². The molecule has 0 atom stereocenters. The van der Waals surface area contributed by atoms with Crippen molar-refractivity contribution in [2.45, 2.75) is 16.8 Å². The average Bonchev–Trinajstić information content (AvgIpc) is 2.29. The minimum atomic E-state index is -5.62. The highest BCUT2D eigenvalue weighted by Gasteiger charge is 2.48. The summed E-state index contributed by atoms with van der Waals surface area (Å²) in [5, 5.41) is 2.43. The second-order valence-corrected chi connectivity index (χ2v) is 5.38. The van der Waals surface area contributed by atoms with Gasteiger partial charge in [-0.1, -0.05) is 0 Å². The fourth-order valence-electron chi connectivity index (χ4n) is 1.26. The van der Waals surface area contributed by atoms with E-state index in [-0.39, 0.29) is 18.7 Å². The minimum absolute atomic E-state index is 0.0719. The molecular formula is C11H9F4NO2S. The van der Waals surface area contributed by atoms with Crippen molar-refractivity contribution in [3.63, 3.8) is 0 Å². The monoisotopic (exact) mass is 295 g/mol. The van der Waals surface area contributed by atoms with Crippen LogP contribution in [0.2, 0.25) is 0 Å². The number of nitrogens with one attached hydrogen (secondary N) is 1. The Labute approximate surface area is 107 Å². The van der Waals surface area contributed by atoms with E-state index < -0.39 is 26.1 Å². The van der Waals surface area contributed by atoms with Crippen LogP contribution in [0.4, 0.5) is 23.2 Å². The number of sulfone groups is 1. The fourth-order valence-corrected chi connectivity index (χ4v) is 2.21. The highest BCUT2D eigenvalue weighted by Crippen LogP contribution is 2.34. The summed E-state index contributed by atoms with van der Waals surface area (Å²) in [6.45, 7) is 0.0719. The van der Waals surface area contributed by atoms with E-state index in [4.69, 9.17) is 6.42 Å². The zero-order chi connectivity index (χ0) is 14.7. The summed E-state index contributed by atoms with van der Waals surface area (Å²) in [5.41, 5.74) is -5.84. The summed E-state index contributed by atoms with van der Waals surface area (Å²) in [6, 6.07) is 2.10. The SMILES string of the molecule is C#CCCNc1ccc(F)cc1S(=O)(=O)C(F)(F)F. The molecule has 0 heterocycles. The van der Waals surface area contributed by atoms with Crippen molar-refractivity contribution in [2.24, 2.45) is 0 Å². The highest BCUT2D eigenvalue weighted by atomic mass is 32.2. The summed E-state index contributed by atoms with van der Waals surface area (Å²) >= 11 is 0. The molecule has 0 amide bonds. The van der Waals surface area contributed by atoms with Crippen LogP contribution in [0.5, 0.6) is 0 Å². The lowest BCUT2D eigenvalue weighted by Gasteiger charge is -2.13. The van der Waals surface area contributed by atoms with Crippen molar-refractivity contribution in [3.05, 3.63) is 24.0 Å². The van der Waals surface area contributed by atoms with Crippen LogP contribution in [0.15, 0.2) is 23.1 Å². The molecule has 1 aromatic carbocycles. The third kappa shape index (κ3) is 3.38. The molecule has 0 spiro atoms. The smallest absolute Gasteiger partial charge is 0.383 e. The van der Waals surface area contributed by atoms with Gasteiger partial charge in [0.1, 0.15) is 10.7 Å².